The number of aliphatic hydroxyl groups is 4. The zero-order valence-electron chi connectivity index (χ0n) is 10.2. The maximum absolute atomic E-state index is 10.0. The minimum Gasteiger partial charge on any atom is -0.508 e. The van der Waals surface area contributed by atoms with Crippen molar-refractivity contribution in [1.82, 2.24) is 0 Å². The van der Waals surface area contributed by atoms with E-state index in [1.54, 1.807) is 0 Å². The number of ether oxygens (including phenoxy) is 1. The largest absolute Gasteiger partial charge is 0.508 e. The van der Waals surface area contributed by atoms with Crippen LogP contribution in [0.25, 0.3) is 0 Å². The Kier molecular flexibility index (Phi) is 5.80. The lowest BCUT2D eigenvalue weighted by Gasteiger charge is -2.31. The molecule has 1 fully saturated rings. The van der Waals surface area contributed by atoms with Gasteiger partial charge in [-0.25, -0.2) is 0 Å². The molecule has 0 aliphatic carbocycles. The van der Waals surface area contributed by atoms with Gasteiger partial charge in [0.1, 0.15) is 24.1 Å². The average Bonchev–Trinajstić information content (AvgIpc) is 2.42. The van der Waals surface area contributed by atoms with Crippen molar-refractivity contribution in [3.8, 4) is 5.75 Å². The molecule has 1 aliphatic heterocycles. The van der Waals surface area contributed by atoms with Gasteiger partial charge in [-0.15, -0.1) is 0 Å². The van der Waals surface area contributed by atoms with E-state index in [2.05, 4.69) is 4.74 Å². The number of phenolic OH excluding ortho intramolecular Hbond substituents is 1. The van der Waals surface area contributed by atoms with Crippen LogP contribution in [0.15, 0.2) is 24.3 Å². The van der Waals surface area contributed by atoms with E-state index in [1.807, 2.05) is 0 Å². The number of benzene rings is 1. The highest BCUT2D eigenvalue weighted by Crippen LogP contribution is 2.15. The van der Waals surface area contributed by atoms with Gasteiger partial charge in [-0.05, 0) is 12.1 Å². The predicted octanol–water partition coefficient (Wildman–Crippen LogP) is -1.28. The molecule has 1 aliphatic rings. The topological polar surface area (TPSA) is 154 Å². The van der Waals surface area contributed by atoms with Crippen LogP contribution in [0.2, 0.25) is 0 Å². The van der Waals surface area contributed by atoms with Gasteiger partial charge in [0.25, 0.3) is 5.69 Å². The van der Waals surface area contributed by atoms with Gasteiger partial charge in [0.15, 0.2) is 6.29 Å². The molecule has 2 rings (SSSR count). The minimum atomic E-state index is -1.41. The third kappa shape index (κ3) is 4.40. The van der Waals surface area contributed by atoms with E-state index < -0.39 is 29.5 Å². The van der Waals surface area contributed by atoms with Crippen LogP contribution in [-0.4, -0.2) is 61.7 Å². The summed E-state index contributed by atoms with van der Waals surface area (Å²) in [5, 5.41) is 54.0. The van der Waals surface area contributed by atoms with Gasteiger partial charge in [-0.2, -0.15) is 0 Å². The second kappa shape index (κ2) is 7.12. The molecule has 1 aromatic rings. The Labute approximate surface area is 113 Å². The summed E-state index contributed by atoms with van der Waals surface area (Å²) in [5.74, 6) is 0.0330. The Balaban J connectivity index is 0.000000200. The highest BCUT2D eigenvalue weighted by Gasteiger charge is 2.36. The summed E-state index contributed by atoms with van der Waals surface area (Å²) < 4.78 is 4.47. The highest BCUT2D eigenvalue weighted by atomic mass is 16.6. The van der Waals surface area contributed by atoms with Gasteiger partial charge in [0.05, 0.1) is 11.5 Å². The number of non-ortho nitro benzene ring substituents is 1. The van der Waals surface area contributed by atoms with E-state index in [-0.39, 0.29) is 18.0 Å². The molecule has 0 aromatic heterocycles. The highest BCUT2D eigenvalue weighted by molar-refractivity contribution is 5.34. The second-order valence-corrected chi connectivity index (χ2v) is 4.05. The first-order chi connectivity index (χ1) is 9.32. The maximum Gasteiger partial charge on any atom is 0.269 e. The van der Waals surface area contributed by atoms with Crippen molar-refractivity contribution in [1.29, 1.82) is 0 Å². The molecule has 0 amide bonds. The number of aromatic hydroxyl groups is 1. The van der Waals surface area contributed by atoms with Crippen LogP contribution >= 0.6 is 0 Å². The van der Waals surface area contributed by atoms with E-state index in [4.69, 9.17) is 25.5 Å². The van der Waals surface area contributed by atoms with Crippen LogP contribution in [-0.2, 0) is 4.74 Å². The summed E-state index contributed by atoms with van der Waals surface area (Å²) in [6.45, 7) is -0.153. The van der Waals surface area contributed by atoms with Gasteiger partial charge in [-0.3, -0.25) is 10.1 Å². The standard InChI is InChI=1S/C6H5NO3.C5H10O5/c8-6-3-1-5(2-4-6)7(9)10;6-2-1-10-5(9)4(8)3(2)7/h1-4,8H;2-9H,1H2/t;2-,3+,4-,5+/m.1/s1. The Morgan fingerprint density at radius 2 is 1.65 bits per heavy atom. The quantitative estimate of drug-likeness (QED) is 0.316. The van der Waals surface area contributed by atoms with Crippen molar-refractivity contribution in [2.75, 3.05) is 6.61 Å². The number of hydrogen-bond acceptors (Lipinski definition) is 8. The number of hydrogen-bond donors (Lipinski definition) is 5. The van der Waals surface area contributed by atoms with Crippen LogP contribution in [0.4, 0.5) is 5.69 Å². The zero-order chi connectivity index (χ0) is 15.3. The smallest absolute Gasteiger partial charge is 0.269 e. The van der Waals surface area contributed by atoms with Gasteiger partial charge in [-0.1, -0.05) is 0 Å². The fourth-order valence-electron chi connectivity index (χ4n) is 1.36. The fraction of sp³-hybridized carbons (Fsp3) is 0.455. The van der Waals surface area contributed by atoms with Crippen molar-refractivity contribution in [2.24, 2.45) is 0 Å². The van der Waals surface area contributed by atoms with Gasteiger partial charge in [0.2, 0.25) is 0 Å². The van der Waals surface area contributed by atoms with Crippen LogP contribution < -0.4 is 0 Å². The molecule has 20 heavy (non-hydrogen) atoms. The zero-order valence-corrected chi connectivity index (χ0v) is 10.2. The molecule has 1 aromatic carbocycles. The Morgan fingerprint density at radius 3 is 2.10 bits per heavy atom. The molecule has 0 saturated carbocycles. The molecule has 4 atom stereocenters. The van der Waals surface area contributed by atoms with E-state index >= 15 is 0 Å². The predicted molar refractivity (Wildman–Crippen MR) is 64.7 cm³/mol. The fourth-order valence-corrected chi connectivity index (χ4v) is 1.36. The number of nitro benzene ring substituents is 1. The van der Waals surface area contributed by atoms with Crippen molar-refractivity contribution in [3.63, 3.8) is 0 Å². The summed E-state index contributed by atoms with van der Waals surface area (Å²) in [6.07, 6.45) is -5.23. The lowest BCUT2D eigenvalue weighted by atomic mass is 10.1. The first-order valence-corrected chi connectivity index (χ1v) is 5.60. The van der Waals surface area contributed by atoms with Crippen LogP contribution in [0.5, 0.6) is 5.75 Å². The molecule has 5 N–H and O–H groups in total. The Hall–Kier alpha value is -1.78. The first-order valence-electron chi connectivity index (χ1n) is 5.60. The molecular weight excluding hydrogens is 274 g/mol. The van der Waals surface area contributed by atoms with E-state index in [9.17, 15) is 10.1 Å². The minimum absolute atomic E-state index is 0.0159. The monoisotopic (exact) mass is 289 g/mol. The second-order valence-electron chi connectivity index (χ2n) is 4.05. The van der Waals surface area contributed by atoms with Crippen LogP contribution in [0.1, 0.15) is 0 Å². The van der Waals surface area contributed by atoms with Crippen molar-refractivity contribution >= 4 is 5.69 Å². The third-order valence-electron chi connectivity index (χ3n) is 2.53. The summed E-state index contributed by atoms with van der Waals surface area (Å²) in [5.41, 5.74) is -0.0159. The summed E-state index contributed by atoms with van der Waals surface area (Å²) in [7, 11) is 0. The Morgan fingerprint density at radius 1 is 1.10 bits per heavy atom. The number of nitro groups is 1. The maximum atomic E-state index is 10.0. The SMILES string of the molecule is O=[N+]([O-])c1ccc(O)cc1.O[C@@H]1[C@@H](O)[C@@H](O)OC[C@H]1O. The van der Waals surface area contributed by atoms with Gasteiger partial charge in [0, 0.05) is 12.1 Å². The summed E-state index contributed by atoms with van der Waals surface area (Å²) in [6, 6.07) is 5.04. The molecule has 9 nitrogen and oxygen atoms in total. The van der Waals surface area contributed by atoms with Crippen LogP contribution in [0, 0.1) is 10.1 Å². The van der Waals surface area contributed by atoms with E-state index in [0.717, 1.165) is 0 Å². The normalized spacial score (nSPS) is 29.2. The van der Waals surface area contributed by atoms with Crippen molar-refractivity contribution in [2.45, 2.75) is 24.6 Å². The molecule has 112 valence electrons. The number of rotatable bonds is 1. The number of phenols is 1. The summed E-state index contributed by atoms with van der Waals surface area (Å²) in [4.78, 5) is 9.52. The average molecular weight is 289 g/mol. The first kappa shape index (κ1) is 16.3. The summed E-state index contributed by atoms with van der Waals surface area (Å²) >= 11 is 0. The molecule has 0 radical (unpaired) electrons. The lowest BCUT2D eigenvalue weighted by molar-refractivity contribution is -0.384. The van der Waals surface area contributed by atoms with Crippen molar-refractivity contribution in [3.05, 3.63) is 34.4 Å². The van der Waals surface area contributed by atoms with E-state index in [1.165, 1.54) is 24.3 Å². The molecule has 0 bridgehead atoms. The molecular formula is C11H15NO8. The number of nitrogens with zero attached hydrogens (tertiary/aromatic N) is 1. The third-order valence-corrected chi connectivity index (χ3v) is 2.53. The molecule has 1 heterocycles. The lowest BCUT2D eigenvalue weighted by Crippen LogP contribution is -2.52. The van der Waals surface area contributed by atoms with Crippen molar-refractivity contribution < 1.29 is 35.2 Å². The van der Waals surface area contributed by atoms with Gasteiger partial charge >= 0.3 is 0 Å². The van der Waals surface area contributed by atoms with Gasteiger partial charge < -0.3 is 30.3 Å². The molecule has 1 saturated heterocycles. The molecule has 0 spiro atoms. The Bertz CT molecular complexity index is 423. The van der Waals surface area contributed by atoms with E-state index in [0.29, 0.717) is 0 Å². The number of aliphatic hydroxyl groups excluding tert-OH is 4. The van der Waals surface area contributed by atoms with Crippen LogP contribution in [0.3, 0.4) is 0 Å². The molecule has 9 heteroatoms. The molecule has 0 unspecified atom stereocenters.